The second-order valence-corrected chi connectivity index (χ2v) is 4.62. The van der Waals surface area contributed by atoms with E-state index in [-0.39, 0.29) is 0 Å². The summed E-state index contributed by atoms with van der Waals surface area (Å²) in [5, 5.41) is 0. The van der Waals surface area contributed by atoms with Gasteiger partial charge < -0.3 is 4.74 Å². The Morgan fingerprint density at radius 1 is 1.08 bits per heavy atom. The van der Waals surface area contributed by atoms with Gasteiger partial charge in [0.25, 0.3) is 0 Å². The van der Waals surface area contributed by atoms with Gasteiger partial charge in [0, 0.05) is 0 Å². The first-order valence-electron chi connectivity index (χ1n) is 5.25. The summed E-state index contributed by atoms with van der Waals surface area (Å²) < 4.78 is 5.79. The molecule has 0 amide bonds. The molecule has 1 fully saturated rings. The lowest BCUT2D eigenvalue weighted by molar-refractivity contribution is 0.00919. The molecule has 0 aromatic heterocycles. The Labute approximate surface area is 76.5 Å². The van der Waals surface area contributed by atoms with Crippen LogP contribution in [0.2, 0.25) is 0 Å². The van der Waals surface area contributed by atoms with Crippen molar-refractivity contribution in [2.24, 2.45) is 11.8 Å². The van der Waals surface area contributed by atoms with Crippen molar-refractivity contribution in [3.8, 4) is 0 Å². The van der Waals surface area contributed by atoms with Gasteiger partial charge in [0.05, 0.1) is 12.2 Å². The Kier molecular flexibility index (Phi) is 3.57. The van der Waals surface area contributed by atoms with Crippen LogP contribution in [0.25, 0.3) is 0 Å². The van der Waals surface area contributed by atoms with E-state index < -0.39 is 0 Å². The van der Waals surface area contributed by atoms with Gasteiger partial charge >= 0.3 is 0 Å². The first kappa shape index (κ1) is 10.0. The molecule has 0 aliphatic heterocycles. The van der Waals surface area contributed by atoms with Crippen LogP contribution in [-0.2, 0) is 4.74 Å². The SMILES string of the molecule is CC(C)O[C@H]1CCC(C(C)C)C1. The summed E-state index contributed by atoms with van der Waals surface area (Å²) in [5.74, 6) is 1.75. The summed E-state index contributed by atoms with van der Waals surface area (Å²) >= 11 is 0. The minimum atomic E-state index is 0.404. The molecule has 0 radical (unpaired) electrons. The fourth-order valence-corrected chi connectivity index (χ4v) is 2.09. The fourth-order valence-electron chi connectivity index (χ4n) is 2.09. The summed E-state index contributed by atoms with van der Waals surface area (Å²) in [5.41, 5.74) is 0. The molecule has 0 heterocycles. The summed E-state index contributed by atoms with van der Waals surface area (Å²) in [4.78, 5) is 0. The molecule has 1 aliphatic carbocycles. The summed E-state index contributed by atoms with van der Waals surface area (Å²) in [6, 6.07) is 0. The highest BCUT2D eigenvalue weighted by Crippen LogP contribution is 2.33. The summed E-state index contributed by atoms with van der Waals surface area (Å²) in [6.07, 6.45) is 4.89. The van der Waals surface area contributed by atoms with Gasteiger partial charge in [-0.3, -0.25) is 0 Å². The van der Waals surface area contributed by atoms with Crippen molar-refractivity contribution in [3.63, 3.8) is 0 Å². The van der Waals surface area contributed by atoms with E-state index in [4.69, 9.17) is 4.74 Å². The van der Waals surface area contributed by atoms with E-state index >= 15 is 0 Å². The van der Waals surface area contributed by atoms with Crippen LogP contribution in [0.3, 0.4) is 0 Å². The molecular formula is C11H22O. The Morgan fingerprint density at radius 2 is 1.75 bits per heavy atom. The quantitative estimate of drug-likeness (QED) is 0.632. The number of hydrogen-bond donors (Lipinski definition) is 0. The van der Waals surface area contributed by atoms with Gasteiger partial charge in [-0.2, -0.15) is 0 Å². The minimum absolute atomic E-state index is 0.404. The molecule has 0 N–H and O–H groups in total. The van der Waals surface area contributed by atoms with E-state index in [1.807, 2.05) is 0 Å². The topological polar surface area (TPSA) is 9.23 Å². The molecular weight excluding hydrogens is 148 g/mol. The Balaban J connectivity index is 2.26. The summed E-state index contributed by atoms with van der Waals surface area (Å²) in [6.45, 7) is 8.90. The predicted molar refractivity (Wildman–Crippen MR) is 52.2 cm³/mol. The Hall–Kier alpha value is -0.0400. The molecule has 1 heteroatoms. The normalized spacial score (nSPS) is 30.5. The van der Waals surface area contributed by atoms with Crippen LogP contribution in [0, 0.1) is 11.8 Å². The first-order valence-corrected chi connectivity index (χ1v) is 5.25. The highest BCUT2D eigenvalue weighted by Gasteiger charge is 2.27. The lowest BCUT2D eigenvalue weighted by Gasteiger charge is -2.16. The van der Waals surface area contributed by atoms with E-state index in [0.29, 0.717) is 12.2 Å². The van der Waals surface area contributed by atoms with Crippen LogP contribution < -0.4 is 0 Å². The number of hydrogen-bond acceptors (Lipinski definition) is 1. The zero-order chi connectivity index (χ0) is 9.14. The molecule has 1 aliphatic rings. The van der Waals surface area contributed by atoms with Crippen LogP contribution >= 0.6 is 0 Å². The van der Waals surface area contributed by atoms with Gasteiger partial charge in [-0.15, -0.1) is 0 Å². The maximum Gasteiger partial charge on any atom is 0.0581 e. The lowest BCUT2D eigenvalue weighted by Crippen LogP contribution is -2.15. The zero-order valence-electron chi connectivity index (χ0n) is 8.84. The maximum atomic E-state index is 5.79. The Bertz CT molecular complexity index is 129. The van der Waals surface area contributed by atoms with Gasteiger partial charge in [0.15, 0.2) is 0 Å². The Morgan fingerprint density at radius 3 is 2.17 bits per heavy atom. The molecule has 1 nitrogen and oxygen atoms in total. The molecule has 12 heavy (non-hydrogen) atoms. The van der Waals surface area contributed by atoms with Crippen LogP contribution in [0.4, 0.5) is 0 Å². The van der Waals surface area contributed by atoms with E-state index in [0.717, 1.165) is 11.8 Å². The van der Waals surface area contributed by atoms with Gasteiger partial charge in [0.2, 0.25) is 0 Å². The van der Waals surface area contributed by atoms with Crippen LogP contribution in [0.15, 0.2) is 0 Å². The third-order valence-electron chi connectivity index (χ3n) is 2.83. The number of ether oxygens (including phenoxy) is 1. The van der Waals surface area contributed by atoms with Crippen LogP contribution in [0.1, 0.15) is 47.0 Å². The third kappa shape index (κ3) is 2.78. The van der Waals surface area contributed by atoms with E-state index in [9.17, 15) is 0 Å². The molecule has 72 valence electrons. The van der Waals surface area contributed by atoms with Gasteiger partial charge in [0.1, 0.15) is 0 Å². The molecule has 1 rings (SSSR count). The van der Waals surface area contributed by atoms with Crippen molar-refractivity contribution in [1.29, 1.82) is 0 Å². The molecule has 0 aromatic rings. The van der Waals surface area contributed by atoms with E-state index in [2.05, 4.69) is 27.7 Å². The average Bonchev–Trinajstić information content (AvgIpc) is 2.34. The highest BCUT2D eigenvalue weighted by molar-refractivity contribution is 4.78. The van der Waals surface area contributed by atoms with E-state index in [1.165, 1.54) is 19.3 Å². The molecule has 0 aromatic carbocycles. The molecule has 1 saturated carbocycles. The second kappa shape index (κ2) is 4.27. The van der Waals surface area contributed by atoms with Crippen molar-refractivity contribution < 1.29 is 4.74 Å². The first-order chi connectivity index (χ1) is 5.59. The highest BCUT2D eigenvalue weighted by atomic mass is 16.5. The van der Waals surface area contributed by atoms with Crippen LogP contribution in [0.5, 0.6) is 0 Å². The largest absolute Gasteiger partial charge is 0.376 e. The van der Waals surface area contributed by atoms with Gasteiger partial charge in [-0.1, -0.05) is 13.8 Å². The fraction of sp³-hybridized carbons (Fsp3) is 1.00. The van der Waals surface area contributed by atoms with E-state index in [1.54, 1.807) is 0 Å². The number of rotatable bonds is 3. The van der Waals surface area contributed by atoms with Gasteiger partial charge in [-0.05, 0) is 44.9 Å². The van der Waals surface area contributed by atoms with Crippen LogP contribution in [-0.4, -0.2) is 12.2 Å². The smallest absolute Gasteiger partial charge is 0.0581 e. The third-order valence-corrected chi connectivity index (χ3v) is 2.83. The molecule has 0 spiro atoms. The van der Waals surface area contributed by atoms with Crippen molar-refractivity contribution in [3.05, 3.63) is 0 Å². The van der Waals surface area contributed by atoms with Crippen molar-refractivity contribution in [1.82, 2.24) is 0 Å². The molecule has 0 bridgehead atoms. The lowest BCUT2D eigenvalue weighted by atomic mass is 9.95. The standard InChI is InChI=1S/C11H22O/c1-8(2)10-5-6-11(7-10)12-9(3)4/h8-11H,5-7H2,1-4H3/t10?,11-/m0/s1. The average molecular weight is 170 g/mol. The van der Waals surface area contributed by atoms with Crippen molar-refractivity contribution in [2.45, 2.75) is 59.2 Å². The van der Waals surface area contributed by atoms with Gasteiger partial charge in [-0.25, -0.2) is 0 Å². The van der Waals surface area contributed by atoms with Crippen molar-refractivity contribution in [2.75, 3.05) is 0 Å². The molecule has 0 saturated heterocycles. The zero-order valence-corrected chi connectivity index (χ0v) is 8.84. The summed E-state index contributed by atoms with van der Waals surface area (Å²) in [7, 11) is 0. The van der Waals surface area contributed by atoms with Crippen molar-refractivity contribution >= 4 is 0 Å². The maximum absolute atomic E-state index is 5.79. The predicted octanol–water partition coefficient (Wildman–Crippen LogP) is 3.24. The second-order valence-electron chi connectivity index (χ2n) is 4.62. The minimum Gasteiger partial charge on any atom is -0.376 e. The molecule has 1 unspecified atom stereocenters. The monoisotopic (exact) mass is 170 g/mol. The molecule has 2 atom stereocenters.